The highest BCUT2D eigenvalue weighted by molar-refractivity contribution is 6.33. The van der Waals surface area contributed by atoms with Gasteiger partial charge < -0.3 is 15.5 Å². The molecule has 0 saturated carbocycles. The molecule has 0 saturated heterocycles. The zero-order valence-electron chi connectivity index (χ0n) is 15.7. The normalized spacial score (nSPS) is 11.5. The van der Waals surface area contributed by atoms with Crippen molar-refractivity contribution in [3.05, 3.63) is 77.0 Å². The van der Waals surface area contributed by atoms with Gasteiger partial charge in [-0.2, -0.15) is 4.73 Å². The standard InChI is InChI=1S/C19H11ClF4N6O2/c20-12-8-29(32)6-5-13(12)28-18(31)14-7-25-17(27-14)16-15(10-1-3-11(21)4-2-10)26-9-30(16)19(22,23)24/h1-9H,(H,25,27)(H,28,31). The van der Waals surface area contributed by atoms with E-state index in [0.29, 0.717) is 11.1 Å². The Morgan fingerprint density at radius 3 is 2.56 bits per heavy atom. The van der Waals surface area contributed by atoms with Crippen LogP contribution in [0.3, 0.4) is 0 Å². The van der Waals surface area contributed by atoms with Gasteiger partial charge in [-0.15, -0.1) is 13.2 Å². The summed E-state index contributed by atoms with van der Waals surface area (Å²) >= 11 is 5.89. The fourth-order valence-electron chi connectivity index (χ4n) is 2.89. The molecule has 0 fully saturated rings. The highest BCUT2D eigenvalue weighted by Gasteiger charge is 2.36. The summed E-state index contributed by atoms with van der Waals surface area (Å²) in [6.07, 6.45) is -1.10. The zero-order chi connectivity index (χ0) is 23.0. The predicted octanol–water partition coefficient (Wildman–Crippen LogP) is 4.09. The van der Waals surface area contributed by atoms with E-state index in [2.05, 4.69) is 20.3 Å². The van der Waals surface area contributed by atoms with Gasteiger partial charge in [0.15, 0.2) is 12.0 Å². The Kier molecular flexibility index (Phi) is 5.30. The van der Waals surface area contributed by atoms with Crippen LogP contribution < -0.4 is 10.0 Å². The quantitative estimate of drug-likeness (QED) is 0.268. The van der Waals surface area contributed by atoms with E-state index in [1.165, 1.54) is 18.2 Å². The van der Waals surface area contributed by atoms with Gasteiger partial charge >= 0.3 is 6.30 Å². The number of carbonyl (C=O) groups excluding carboxylic acids is 1. The maximum Gasteiger partial charge on any atom is 0.490 e. The molecule has 13 heteroatoms. The molecule has 8 nitrogen and oxygen atoms in total. The number of pyridine rings is 1. The van der Waals surface area contributed by atoms with Crippen molar-refractivity contribution in [1.82, 2.24) is 19.5 Å². The molecule has 1 aromatic carbocycles. The molecule has 32 heavy (non-hydrogen) atoms. The van der Waals surface area contributed by atoms with Crippen molar-refractivity contribution in [3.63, 3.8) is 0 Å². The Balaban J connectivity index is 1.72. The van der Waals surface area contributed by atoms with E-state index in [4.69, 9.17) is 11.6 Å². The number of imidazole rings is 2. The first kappa shape index (κ1) is 21.3. The number of nitrogens with zero attached hydrogens (tertiary/aromatic N) is 4. The Morgan fingerprint density at radius 1 is 1.19 bits per heavy atom. The average molecular weight is 467 g/mol. The molecule has 4 aromatic rings. The van der Waals surface area contributed by atoms with Crippen molar-refractivity contribution in [2.24, 2.45) is 0 Å². The number of aromatic amines is 1. The van der Waals surface area contributed by atoms with Crippen molar-refractivity contribution in [3.8, 4) is 22.8 Å². The summed E-state index contributed by atoms with van der Waals surface area (Å²) in [5.74, 6) is -1.61. The smallest absolute Gasteiger partial charge is 0.490 e. The van der Waals surface area contributed by atoms with E-state index in [1.54, 1.807) is 0 Å². The second kappa shape index (κ2) is 7.96. The first-order chi connectivity index (χ1) is 15.1. The molecule has 0 aliphatic heterocycles. The molecule has 2 N–H and O–H groups in total. The van der Waals surface area contributed by atoms with E-state index < -0.39 is 23.7 Å². The van der Waals surface area contributed by atoms with Crippen LogP contribution in [-0.2, 0) is 6.30 Å². The van der Waals surface area contributed by atoms with E-state index in [9.17, 15) is 27.6 Å². The van der Waals surface area contributed by atoms with Crippen molar-refractivity contribution in [2.45, 2.75) is 6.30 Å². The summed E-state index contributed by atoms with van der Waals surface area (Å²) in [6, 6.07) is 5.98. The van der Waals surface area contributed by atoms with E-state index in [-0.39, 0.29) is 38.1 Å². The van der Waals surface area contributed by atoms with Gasteiger partial charge in [-0.1, -0.05) is 11.6 Å². The molecule has 4 rings (SSSR count). The fourth-order valence-corrected chi connectivity index (χ4v) is 3.09. The number of alkyl halides is 3. The summed E-state index contributed by atoms with van der Waals surface area (Å²) < 4.78 is 54.3. The monoisotopic (exact) mass is 466 g/mol. The number of halogens is 5. The number of benzene rings is 1. The molecule has 0 unspecified atom stereocenters. The third-order valence-electron chi connectivity index (χ3n) is 4.34. The summed E-state index contributed by atoms with van der Waals surface area (Å²) in [5, 5.41) is 13.6. The minimum Gasteiger partial charge on any atom is -0.619 e. The highest BCUT2D eigenvalue weighted by atomic mass is 35.5. The van der Waals surface area contributed by atoms with Gasteiger partial charge in [0.05, 0.1) is 17.6 Å². The summed E-state index contributed by atoms with van der Waals surface area (Å²) in [4.78, 5) is 22.7. The van der Waals surface area contributed by atoms with Crippen LogP contribution in [0.25, 0.3) is 22.8 Å². The van der Waals surface area contributed by atoms with Crippen molar-refractivity contribution >= 4 is 23.2 Å². The van der Waals surface area contributed by atoms with E-state index in [1.807, 2.05) is 0 Å². The van der Waals surface area contributed by atoms with Crippen molar-refractivity contribution in [2.75, 3.05) is 5.32 Å². The van der Waals surface area contributed by atoms with Crippen LogP contribution in [0.15, 0.2) is 55.2 Å². The van der Waals surface area contributed by atoms with Crippen LogP contribution in [0.5, 0.6) is 0 Å². The van der Waals surface area contributed by atoms with Crippen molar-refractivity contribution in [1.29, 1.82) is 0 Å². The fraction of sp³-hybridized carbons (Fsp3) is 0.0526. The second-order valence-corrected chi connectivity index (χ2v) is 6.86. The maximum atomic E-state index is 13.6. The number of amides is 1. The van der Waals surface area contributed by atoms with Gasteiger partial charge in [-0.3, -0.25) is 4.79 Å². The minimum absolute atomic E-state index is 0.0377. The molecular formula is C19H11ClF4N6O2. The lowest BCUT2D eigenvalue weighted by molar-refractivity contribution is -0.605. The van der Waals surface area contributed by atoms with Crippen molar-refractivity contribution < 1.29 is 27.1 Å². The first-order valence-electron chi connectivity index (χ1n) is 8.79. The Hall–Kier alpha value is -3.93. The van der Waals surface area contributed by atoms with E-state index in [0.717, 1.165) is 30.7 Å². The van der Waals surface area contributed by atoms with Gasteiger partial charge in [0.1, 0.15) is 28.6 Å². The van der Waals surface area contributed by atoms with Gasteiger partial charge in [-0.05, 0) is 24.3 Å². The lowest BCUT2D eigenvalue weighted by Gasteiger charge is -2.11. The Morgan fingerprint density at radius 2 is 1.91 bits per heavy atom. The SMILES string of the molecule is O=C(Nc1cc[n+]([O-])cc1Cl)c1cnc(-c2c(-c3ccc(F)cc3)ncn2C(F)(F)F)[nH]1. The molecular weight excluding hydrogens is 456 g/mol. The van der Waals surface area contributed by atoms with Crippen LogP contribution in [0.1, 0.15) is 10.5 Å². The molecule has 1 amide bonds. The number of H-pyrrole nitrogens is 1. The molecule has 0 atom stereocenters. The molecule has 3 aromatic heterocycles. The number of aromatic nitrogens is 5. The number of rotatable bonds is 4. The minimum atomic E-state index is -4.83. The lowest BCUT2D eigenvalue weighted by Crippen LogP contribution is -2.25. The molecule has 3 heterocycles. The summed E-state index contributed by atoms with van der Waals surface area (Å²) in [7, 11) is 0. The van der Waals surface area contributed by atoms with Crippen LogP contribution in [-0.4, -0.2) is 25.4 Å². The van der Waals surface area contributed by atoms with Crippen LogP contribution in [0.4, 0.5) is 23.2 Å². The second-order valence-electron chi connectivity index (χ2n) is 6.45. The zero-order valence-corrected chi connectivity index (χ0v) is 16.4. The van der Waals surface area contributed by atoms with Gasteiger partial charge in [-0.25, -0.2) is 18.9 Å². The molecule has 0 bridgehead atoms. The lowest BCUT2D eigenvalue weighted by atomic mass is 10.1. The molecule has 164 valence electrons. The summed E-state index contributed by atoms with van der Waals surface area (Å²) in [5.41, 5.74) is -0.418. The highest BCUT2D eigenvalue weighted by Crippen LogP contribution is 2.35. The van der Waals surface area contributed by atoms with Crippen LogP contribution >= 0.6 is 11.6 Å². The number of carbonyl (C=O) groups is 1. The Labute approximate surface area is 181 Å². The Bertz CT molecular complexity index is 1300. The molecule has 0 aliphatic rings. The van der Waals surface area contributed by atoms with Gasteiger partial charge in [0.2, 0.25) is 6.20 Å². The number of hydrogen-bond acceptors (Lipinski definition) is 4. The number of nitrogens with one attached hydrogen (secondary N) is 2. The largest absolute Gasteiger partial charge is 0.619 e. The maximum absolute atomic E-state index is 13.6. The van der Waals surface area contributed by atoms with E-state index >= 15 is 0 Å². The predicted molar refractivity (Wildman–Crippen MR) is 105 cm³/mol. The average Bonchev–Trinajstić information content (AvgIpc) is 3.37. The van der Waals surface area contributed by atoms with Gasteiger partial charge in [0, 0.05) is 11.6 Å². The molecule has 0 radical (unpaired) electrons. The van der Waals surface area contributed by atoms with Crippen LogP contribution in [0, 0.1) is 11.0 Å². The topological polar surface area (TPSA) is 103 Å². The summed E-state index contributed by atoms with van der Waals surface area (Å²) in [6.45, 7) is 0. The third-order valence-corrected chi connectivity index (χ3v) is 4.64. The number of hydrogen-bond donors (Lipinski definition) is 2. The molecule has 0 spiro atoms. The van der Waals surface area contributed by atoms with Gasteiger partial charge in [0.25, 0.3) is 5.91 Å². The third kappa shape index (κ3) is 4.12. The molecule has 0 aliphatic carbocycles. The number of anilines is 1. The first-order valence-corrected chi connectivity index (χ1v) is 9.17. The van der Waals surface area contributed by atoms with Crippen LogP contribution in [0.2, 0.25) is 5.02 Å².